The van der Waals surface area contributed by atoms with Gasteiger partial charge in [-0.05, 0) is 44.0 Å². The van der Waals surface area contributed by atoms with Gasteiger partial charge in [-0.15, -0.1) is 12.4 Å². The van der Waals surface area contributed by atoms with Crippen LogP contribution in [0.15, 0.2) is 28.8 Å². The standard InChI is InChI=1S/C16H19ClN4O2.ClH/c1-10(19-13(22)11-4-6-12(17)7-5-11)14-20-15(21-23-14)16(18)8-2-3-9-16;/h4-7,10H,2-3,8-9,18H2,1H3,(H,19,22);1H. The molecule has 6 nitrogen and oxygen atoms in total. The molecule has 0 bridgehead atoms. The molecule has 1 aliphatic rings. The lowest BCUT2D eigenvalue weighted by atomic mass is 9.99. The zero-order chi connectivity index (χ0) is 16.4. The van der Waals surface area contributed by atoms with E-state index in [1.807, 2.05) is 0 Å². The number of hydrogen-bond donors (Lipinski definition) is 2. The third kappa shape index (κ3) is 3.88. The summed E-state index contributed by atoms with van der Waals surface area (Å²) in [6.07, 6.45) is 3.86. The minimum atomic E-state index is -0.498. The van der Waals surface area contributed by atoms with Crippen molar-refractivity contribution in [3.05, 3.63) is 46.6 Å². The highest BCUT2D eigenvalue weighted by molar-refractivity contribution is 6.30. The quantitative estimate of drug-likeness (QED) is 0.860. The van der Waals surface area contributed by atoms with Crippen molar-refractivity contribution in [3.63, 3.8) is 0 Å². The Balaban J connectivity index is 0.00000208. The van der Waals surface area contributed by atoms with Crippen LogP contribution in [0.1, 0.15) is 60.7 Å². The molecule has 0 aliphatic heterocycles. The monoisotopic (exact) mass is 370 g/mol. The highest BCUT2D eigenvalue weighted by Gasteiger charge is 2.36. The molecule has 0 radical (unpaired) electrons. The third-order valence-electron chi connectivity index (χ3n) is 4.21. The molecule has 24 heavy (non-hydrogen) atoms. The fourth-order valence-corrected chi connectivity index (χ4v) is 2.91. The van der Waals surface area contributed by atoms with Crippen molar-refractivity contribution < 1.29 is 9.32 Å². The number of amides is 1. The molecule has 0 saturated heterocycles. The maximum atomic E-state index is 12.2. The molecule has 1 aromatic carbocycles. The number of aromatic nitrogens is 2. The van der Waals surface area contributed by atoms with Crippen molar-refractivity contribution in [2.75, 3.05) is 0 Å². The van der Waals surface area contributed by atoms with Gasteiger partial charge in [-0.25, -0.2) is 0 Å². The van der Waals surface area contributed by atoms with E-state index in [2.05, 4.69) is 15.5 Å². The van der Waals surface area contributed by atoms with Gasteiger partial charge in [-0.3, -0.25) is 4.79 Å². The number of halogens is 2. The summed E-state index contributed by atoms with van der Waals surface area (Å²) in [6.45, 7) is 1.79. The van der Waals surface area contributed by atoms with Crippen LogP contribution in [0, 0.1) is 0 Å². The lowest BCUT2D eigenvalue weighted by molar-refractivity contribution is 0.0932. The van der Waals surface area contributed by atoms with Gasteiger partial charge in [0, 0.05) is 10.6 Å². The molecule has 1 atom stereocenters. The van der Waals surface area contributed by atoms with Crippen LogP contribution in [-0.2, 0) is 5.54 Å². The Morgan fingerprint density at radius 3 is 2.58 bits per heavy atom. The van der Waals surface area contributed by atoms with Gasteiger partial charge in [-0.1, -0.05) is 29.6 Å². The molecule has 3 rings (SSSR count). The first-order valence-electron chi connectivity index (χ1n) is 7.67. The minimum Gasteiger partial charge on any atom is -0.341 e. The number of hydrogen-bond acceptors (Lipinski definition) is 5. The Bertz CT molecular complexity index is 696. The largest absolute Gasteiger partial charge is 0.341 e. The highest BCUT2D eigenvalue weighted by atomic mass is 35.5. The molecule has 1 aromatic heterocycles. The van der Waals surface area contributed by atoms with Crippen molar-refractivity contribution >= 4 is 29.9 Å². The zero-order valence-corrected chi connectivity index (χ0v) is 14.9. The predicted octanol–water partition coefficient (Wildman–Crippen LogP) is 3.36. The lowest BCUT2D eigenvalue weighted by Gasteiger charge is -2.17. The summed E-state index contributed by atoms with van der Waals surface area (Å²) in [6, 6.07) is 6.27. The Morgan fingerprint density at radius 1 is 1.33 bits per heavy atom. The van der Waals surface area contributed by atoms with Gasteiger partial charge in [0.2, 0.25) is 5.89 Å². The fraction of sp³-hybridized carbons (Fsp3) is 0.438. The van der Waals surface area contributed by atoms with Crippen molar-refractivity contribution in [1.29, 1.82) is 0 Å². The average Bonchev–Trinajstić information content (AvgIpc) is 3.17. The maximum absolute atomic E-state index is 12.2. The van der Waals surface area contributed by atoms with E-state index in [1.165, 1.54) is 0 Å². The van der Waals surface area contributed by atoms with Gasteiger partial charge in [-0.2, -0.15) is 4.98 Å². The average molecular weight is 371 g/mol. The molecule has 1 amide bonds. The van der Waals surface area contributed by atoms with Crippen LogP contribution in [0.2, 0.25) is 5.02 Å². The second kappa shape index (κ2) is 7.51. The number of carbonyl (C=O) groups excluding carboxylic acids is 1. The van der Waals surface area contributed by atoms with E-state index in [1.54, 1.807) is 31.2 Å². The third-order valence-corrected chi connectivity index (χ3v) is 4.46. The Kier molecular flexibility index (Phi) is 5.85. The van der Waals surface area contributed by atoms with Gasteiger partial charge in [0.15, 0.2) is 5.82 Å². The summed E-state index contributed by atoms with van der Waals surface area (Å²) < 4.78 is 5.28. The molecule has 130 valence electrons. The number of carbonyl (C=O) groups is 1. The van der Waals surface area contributed by atoms with E-state index < -0.39 is 11.6 Å². The summed E-state index contributed by atoms with van der Waals surface area (Å²) in [7, 11) is 0. The topological polar surface area (TPSA) is 94.0 Å². The van der Waals surface area contributed by atoms with Crippen molar-refractivity contribution in [2.24, 2.45) is 5.73 Å². The normalized spacial score (nSPS) is 17.1. The van der Waals surface area contributed by atoms with Gasteiger partial charge < -0.3 is 15.6 Å². The van der Waals surface area contributed by atoms with Gasteiger partial charge in [0.05, 0.1) is 5.54 Å². The molecule has 1 unspecified atom stereocenters. The maximum Gasteiger partial charge on any atom is 0.251 e. The second-order valence-corrected chi connectivity index (χ2v) is 6.46. The first-order chi connectivity index (χ1) is 11.0. The number of rotatable bonds is 4. The second-order valence-electron chi connectivity index (χ2n) is 6.02. The van der Waals surface area contributed by atoms with Crippen LogP contribution < -0.4 is 11.1 Å². The van der Waals surface area contributed by atoms with Crippen LogP contribution in [-0.4, -0.2) is 16.0 Å². The van der Waals surface area contributed by atoms with Crippen LogP contribution in [0.3, 0.4) is 0 Å². The smallest absolute Gasteiger partial charge is 0.251 e. The van der Waals surface area contributed by atoms with Crippen LogP contribution in [0.25, 0.3) is 0 Å². The zero-order valence-electron chi connectivity index (χ0n) is 13.3. The summed E-state index contributed by atoms with van der Waals surface area (Å²) in [5.41, 5.74) is 6.34. The van der Waals surface area contributed by atoms with E-state index in [0.717, 1.165) is 25.7 Å². The van der Waals surface area contributed by atoms with Crippen molar-refractivity contribution in [1.82, 2.24) is 15.5 Å². The predicted molar refractivity (Wildman–Crippen MR) is 93.2 cm³/mol. The molecule has 0 spiro atoms. The lowest BCUT2D eigenvalue weighted by Crippen LogP contribution is -2.34. The summed E-state index contributed by atoms with van der Waals surface area (Å²) in [5.74, 6) is 0.661. The van der Waals surface area contributed by atoms with E-state index in [4.69, 9.17) is 21.9 Å². The molecular formula is C16H20Cl2N4O2. The first kappa shape index (κ1) is 18.7. The molecule has 1 heterocycles. The first-order valence-corrected chi connectivity index (χ1v) is 8.05. The Hall–Kier alpha value is -1.63. The van der Waals surface area contributed by atoms with Gasteiger partial charge in [0.25, 0.3) is 5.91 Å². The van der Waals surface area contributed by atoms with E-state index >= 15 is 0 Å². The number of nitrogens with one attached hydrogen (secondary N) is 1. The van der Waals surface area contributed by atoms with E-state index in [-0.39, 0.29) is 18.3 Å². The summed E-state index contributed by atoms with van der Waals surface area (Å²) in [5, 5.41) is 7.42. The van der Waals surface area contributed by atoms with Gasteiger partial charge >= 0.3 is 0 Å². The van der Waals surface area contributed by atoms with Crippen molar-refractivity contribution in [3.8, 4) is 0 Å². The van der Waals surface area contributed by atoms with Crippen LogP contribution in [0.4, 0.5) is 0 Å². The van der Waals surface area contributed by atoms with E-state index in [9.17, 15) is 4.79 Å². The SMILES string of the molecule is CC(NC(=O)c1ccc(Cl)cc1)c1nc(C2(N)CCCC2)no1.Cl. The molecule has 1 fully saturated rings. The Labute approximate surface area is 151 Å². The van der Waals surface area contributed by atoms with Gasteiger partial charge in [0.1, 0.15) is 6.04 Å². The van der Waals surface area contributed by atoms with Crippen LogP contribution >= 0.6 is 24.0 Å². The van der Waals surface area contributed by atoms with E-state index in [0.29, 0.717) is 22.3 Å². The summed E-state index contributed by atoms with van der Waals surface area (Å²) >= 11 is 5.82. The van der Waals surface area contributed by atoms with Crippen LogP contribution in [0.5, 0.6) is 0 Å². The molecule has 3 N–H and O–H groups in total. The number of nitrogens with zero attached hydrogens (tertiary/aromatic N) is 2. The Morgan fingerprint density at radius 2 is 1.96 bits per heavy atom. The summed E-state index contributed by atoms with van der Waals surface area (Å²) in [4.78, 5) is 16.6. The highest BCUT2D eigenvalue weighted by Crippen LogP contribution is 2.34. The fourth-order valence-electron chi connectivity index (χ4n) is 2.79. The minimum absolute atomic E-state index is 0. The molecule has 2 aromatic rings. The van der Waals surface area contributed by atoms with Crippen molar-refractivity contribution in [2.45, 2.75) is 44.2 Å². The molecular weight excluding hydrogens is 351 g/mol. The molecule has 1 aliphatic carbocycles. The number of benzene rings is 1. The number of nitrogens with two attached hydrogens (primary N) is 1. The molecule has 8 heteroatoms. The molecule has 1 saturated carbocycles.